The van der Waals surface area contributed by atoms with Crippen molar-refractivity contribution in [3.8, 4) is 0 Å². The molecular weight excluding hydrogens is 305 g/mol. The van der Waals surface area contributed by atoms with Crippen molar-refractivity contribution < 1.29 is 0 Å². The molecule has 1 aromatic carbocycles. The summed E-state index contributed by atoms with van der Waals surface area (Å²) in [5.74, 6) is 1.08. The van der Waals surface area contributed by atoms with Crippen LogP contribution in [-0.4, -0.2) is 16.1 Å². The fraction of sp³-hybridized carbons (Fsp3) is 0.438. The monoisotopic (exact) mass is 325 g/mol. The Kier molecular flexibility index (Phi) is 6.09. The average Bonchev–Trinajstić information content (AvgIpc) is 2.88. The molecule has 0 radical (unpaired) electrons. The van der Waals surface area contributed by atoms with Crippen molar-refractivity contribution in [2.45, 2.75) is 32.2 Å². The molecule has 0 aliphatic rings. The van der Waals surface area contributed by atoms with Crippen LogP contribution in [-0.2, 0) is 13.5 Å². The maximum Gasteiger partial charge on any atom is 0.108 e. The van der Waals surface area contributed by atoms with E-state index in [4.69, 9.17) is 23.2 Å². The van der Waals surface area contributed by atoms with E-state index in [0.29, 0.717) is 10.0 Å². The minimum absolute atomic E-state index is 0.188. The molecule has 0 fully saturated rings. The Labute approximate surface area is 136 Å². The van der Waals surface area contributed by atoms with Crippen LogP contribution in [0, 0.1) is 0 Å². The first-order chi connectivity index (χ1) is 10.1. The van der Waals surface area contributed by atoms with E-state index in [1.807, 2.05) is 37.6 Å². The van der Waals surface area contributed by atoms with E-state index in [1.54, 1.807) is 0 Å². The molecule has 0 saturated heterocycles. The summed E-state index contributed by atoms with van der Waals surface area (Å²) in [6.07, 6.45) is 6.71. The molecule has 3 nitrogen and oxygen atoms in total. The number of halogens is 2. The molecule has 2 rings (SSSR count). The molecule has 1 N–H and O–H groups in total. The number of aryl methyl sites for hydroxylation is 2. The van der Waals surface area contributed by atoms with Gasteiger partial charge in [0, 0.05) is 31.9 Å². The van der Waals surface area contributed by atoms with Crippen LogP contribution in [0.5, 0.6) is 0 Å². The summed E-state index contributed by atoms with van der Waals surface area (Å²) in [6.45, 7) is 3.11. The first-order valence-electron chi connectivity index (χ1n) is 7.27. The lowest BCUT2D eigenvalue weighted by Gasteiger charge is -2.20. The van der Waals surface area contributed by atoms with Crippen LogP contribution in [0.4, 0.5) is 0 Å². The van der Waals surface area contributed by atoms with E-state index in [1.165, 1.54) is 0 Å². The molecule has 5 heteroatoms. The highest BCUT2D eigenvalue weighted by Gasteiger charge is 2.16. The molecule has 114 valence electrons. The van der Waals surface area contributed by atoms with Gasteiger partial charge in [0.05, 0.1) is 10.0 Å². The molecule has 1 atom stereocenters. The number of hydrogen-bond acceptors (Lipinski definition) is 2. The topological polar surface area (TPSA) is 29.9 Å². The minimum Gasteiger partial charge on any atom is -0.338 e. The van der Waals surface area contributed by atoms with Gasteiger partial charge in [-0.05, 0) is 31.0 Å². The van der Waals surface area contributed by atoms with E-state index in [0.717, 1.165) is 37.2 Å². The second-order valence-electron chi connectivity index (χ2n) is 5.14. The molecule has 0 saturated carbocycles. The van der Waals surface area contributed by atoms with Gasteiger partial charge in [0.15, 0.2) is 0 Å². The summed E-state index contributed by atoms with van der Waals surface area (Å²) in [4.78, 5) is 4.38. The van der Waals surface area contributed by atoms with Crippen molar-refractivity contribution in [3.05, 3.63) is 52.0 Å². The van der Waals surface area contributed by atoms with Gasteiger partial charge >= 0.3 is 0 Å². The van der Waals surface area contributed by atoms with Gasteiger partial charge in [0.25, 0.3) is 0 Å². The smallest absolute Gasteiger partial charge is 0.108 e. The third-order valence-corrected chi connectivity index (χ3v) is 4.41. The molecule has 0 amide bonds. The number of nitrogens with one attached hydrogen (secondary N) is 1. The van der Waals surface area contributed by atoms with Crippen LogP contribution < -0.4 is 5.32 Å². The summed E-state index contributed by atoms with van der Waals surface area (Å²) in [6, 6.07) is 6.00. The number of rotatable bonds is 7. The number of benzene rings is 1. The highest BCUT2D eigenvalue weighted by Crippen LogP contribution is 2.31. The van der Waals surface area contributed by atoms with Crippen LogP contribution in [0.3, 0.4) is 0 Å². The van der Waals surface area contributed by atoms with E-state index in [9.17, 15) is 0 Å². The zero-order valence-corrected chi connectivity index (χ0v) is 14.0. The largest absolute Gasteiger partial charge is 0.338 e. The second kappa shape index (κ2) is 7.83. The SMILES string of the molecule is CCCNC(CCc1nccn1C)c1cccc(Cl)c1Cl. The van der Waals surface area contributed by atoms with Crippen molar-refractivity contribution in [1.29, 1.82) is 0 Å². The maximum absolute atomic E-state index is 6.37. The van der Waals surface area contributed by atoms with Crippen molar-refractivity contribution in [2.24, 2.45) is 7.05 Å². The Morgan fingerprint density at radius 2 is 2.14 bits per heavy atom. The fourth-order valence-corrected chi connectivity index (χ4v) is 2.83. The molecule has 2 aromatic rings. The normalized spacial score (nSPS) is 12.6. The maximum atomic E-state index is 6.37. The lowest BCUT2D eigenvalue weighted by atomic mass is 10.0. The van der Waals surface area contributed by atoms with Crippen molar-refractivity contribution in [3.63, 3.8) is 0 Å². The molecule has 1 heterocycles. The van der Waals surface area contributed by atoms with Crippen LogP contribution in [0.2, 0.25) is 10.0 Å². The zero-order chi connectivity index (χ0) is 15.2. The second-order valence-corrected chi connectivity index (χ2v) is 5.93. The molecule has 0 aliphatic carbocycles. The summed E-state index contributed by atoms with van der Waals surface area (Å²) in [5.41, 5.74) is 1.06. The summed E-state index contributed by atoms with van der Waals surface area (Å²) in [7, 11) is 2.02. The number of nitrogens with zero attached hydrogens (tertiary/aromatic N) is 2. The Balaban J connectivity index is 2.14. The summed E-state index contributed by atoms with van der Waals surface area (Å²) >= 11 is 12.5. The average molecular weight is 326 g/mol. The molecular formula is C16H21Cl2N3. The van der Waals surface area contributed by atoms with Crippen LogP contribution in [0.15, 0.2) is 30.6 Å². The van der Waals surface area contributed by atoms with E-state index < -0.39 is 0 Å². The van der Waals surface area contributed by atoms with Gasteiger partial charge < -0.3 is 9.88 Å². The third kappa shape index (κ3) is 4.22. The Hall–Kier alpha value is -1.03. The summed E-state index contributed by atoms with van der Waals surface area (Å²) in [5, 5.41) is 4.81. The van der Waals surface area contributed by atoms with Crippen molar-refractivity contribution >= 4 is 23.2 Å². The molecule has 1 aromatic heterocycles. The minimum atomic E-state index is 0.188. The van der Waals surface area contributed by atoms with Crippen LogP contribution in [0.1, 0.15) is 37.2 Å². The first-order valence-corrected chi connectivity index (χ1v) is 8.02. The lowest BCUT2D eigenvalue weighted by Crippen LogP contribution is -2.23. The van der Waals surface area contributed by atoms with Gasteiger partial charge in [-0.1, -0.05) is 42.3 Å². The van der Waals surface area contributed by atoms with E-state index >= 15 is 0 Å². The van der Waals surface area contributed by atoms with Gasteiger partial charge in [-0.3, -0.25) is 0 Å². The van der Waals surface area contributed by atoms with E-state index in [-0.39, 0.29) is 6.04 Å². The standard InChI is InChI=1S/C16H21Cl2N3/c1-3-9-19-14(7-8-15-20-10-11-21(15)2)12-5-4-6-13(17)16(12)18/h4-6,10-11,14,19H,3,7-9H2,1-2H3. The third-order valence-electron chi connectivity index (χ3n) is 3.58. The number of aromatic nitrogens is 2. The molecule has 1 unspecified atom stereocenters. The van der Waals surface area contributed by atoms with Gasteiger partial charge in [-0.2, -0.15) is 0 Å². The highest BCUT2D eigenvalue weighted by molar-refractivity contribution is 6.42. The van der Waals surface area contributed by atoms with Crippen LogP contribution >= 0.6 is 23.2 Å². The van der Waals surface area contributed by atoms with Crippen molar-refractivity contribution in [1.82, 2.24) is 14.9 Å². The fourth-order valence-electron chi connectivity index (χ4n) is 2.39. The Bertz CT molecular complexity index is 581. The molecule has 21 heavy (non-hydrogen) atoms. The highest BCUT2D eigenvalue weighted by atomic mass is 35.5. The Morgan fingerprint density at radius 3 is 2.81 bits per heavy atom. The molecule has 0 spiro atoms. The van der Waals surface area contributed by atoms with Gasteiger partial charge in [-0.25, -0.2) is 4.98 Å². The molecule has 0 bridgehead atoms. The van der Waals surface area contributed by atoms with Gasteiger partial charge in [0.2, 0.25) is 0 Å². The quantitative estimate of drug-likeness (QED) is 0.817. The first kappa shape index (κ1) is 16.3. The van der Waals surface area contributed by atoms with Gasteiger partial charge in [0.1, 0.15) is 5.82 Å². The predicted molar refractivity (Wildman–Crippen MR) is 89.0 cm³/mol. The predicted octanol–water partition coefficient (Wildman–Crippen LogP) is 4.40. The Morgan fingerprint density at radius 1 is 1.33 bits per heavy atom. The van der Waals surface area contributed by atoms with Gasteiger partial charge in [-0.15, -0.1) is 0 Å². The van der Waals surface area contributed by atoms with E-state index in [2.05, 4.69) is 21.8 Å². The van der Waals surface area contributed by atoms with Crippen molar-refractivity contribution in [2.75, 3.05) is 6.54 Å². The molecule has 0 aliphatic heterocycles. The summed E-state index contributed by atoms with van der Waals surface area (Å²) < 4.78 is 2.05. The van der Waals surface area contributed by atoms with Crippen LogP contribution in [0.25, 0.3) is 0 Å². The number of imidazole rings is 1. The zero-order valence-electron chi connectivity index (χ0n) is 12.4. The number of hydrogen-bond donors (Lipinski definition) is 1. The lowest BCUT2D eigenvalue weighted by molar-refractivity contribution is 0.491.